The molecular formula is C39H26N2. The van der Waals surface area contributed by atoms with E-state index in [1.54, 1.807) is 6.08 Å². The van der Waals surface area contributed by atoms with Crippen LogP contribution in [0.15, 0.2) is 146 Å². The molecule has 0 spiro atoms. The van der Waals surface area contributed by atoms with E-state index in [2.05, 4.69) is 133 Å². The van der Waals surface area contributed by atoms with Gasteiger partial charge in [0, 0.05) is 12.3 Å². The van der Waals surface area contributed by atoms with Gasteiger partial charge in [0.1, 0.15) is 0 Å². The zero-order valence-corrected chi connectivity index (χ0v) is 22.4. The number of nitrogens with zero attached hydrogens (tertiary/aromatic N) is 1. The zero-order valence-electron chi connectivity index (χ0n) is 22.4. The van der Waals surface area contributed by atoms with E-state index in [1.165, 1.54) is 56.4 Å². The van der Waals surface area contributed by atoms with Crippen molar-refractivity contribution in [2.75, 3.05) is 0 Å². The summed E-state index contributed by atoms with van der Waals surface area (Å²) in [7, 11) is 0. The van der Waals surface area contributed by atoms with Crippen LogP contribution in [0.25, 0.3) is 38.2 Å². The number of hydrogen-bond donors (Lipinski definition) is 1. The van der Waals surface area contributed by atoms with Crippen molar-refractivity contribution in [3.05, 3.63) is 173 Å². The highest BCUT2D eigenvalue weighted by atomic mass is 14.5. The summed E-state index contributed by atoms with van der Waals surface area (Å²) in [6.07, 6.45) is 6.36. The normalized spacial score (nSPS) is 13.7. The molecule has 0 heterocycles. The Hall–Kier alpha value is -5.52. The summed E-state index contributed by atoms with van der Waals surface area (Å²) in [6, 6.07) is 47.8. The second-order valence-corrected chi connectivity index (χ2v) is 10.3. The molecule has 0 saturated heterocycles. The van der Waals surface area contributed by atoms with Crippen LogP contribution >= 0.6 is 0 Å². The number of rotatable bonds is 5. The molecule has 0 aromatic heterocycles. The minimum Gasteiger partial charge on any atom is -0.309 e. The van der Waals surface area contributed by atoms with E-state index in [-0.39, 0.29) is 0 Å². The van der Waals surface area contributed by atoms with Crippen molar-refractivity contribution in [1.29, 1.82) is 10.7 Å². The highest BCUT2D eigenvalue weighted by Gasteiger charge is 2.47. The van der Waals surface area contributed by atoms with Gasteiger partial charge in [-0.15, -0.1) is 0 Å². The van der Waals surface area contributed by atoms with Crippen molar-refractivity contribution in [2.24, 2.45) is 0 Å². The van der Waals surface area contributed by atoms with Gasteiger partial charge in [-0.05, 0) is 84.3 Å². The Bertz CT molecular complexity index is 2020. The molecule has 0 unspecified atom stereocenters. The van der Waals surface area contributed by atoms with Gasteiger partial charge in [0.15, 0.2) is 0 Å². The van der Waals surface area contributed by atoms with Gasteiger partial charge in [0.25, 0.3) is 0 Å². The Morgan fingerprint density at radius 2 is 1.22 bits per heavy atom. The van der Waals surface area contributed by atoms with Crippen molar-refractivity contribution < 1.29 is 0 Å². The molecule has 0 fully saturated rings. The average molecular weight is 523 g/mol. The number of fused-ring (bicyclic) bond motifs is 7. The number of allylic oxidation sites excluding steroid dienone is 4. The summed E-state index contributed by atoms with van der Waals surface area (Å²) in [5.41, 5.74) is 8.64. The first-order chi connectivity index (χ1) is 20.3. The first-order valence-corrected chi connectivity index (χ1v) is 13.8. The van der Waals surface area contributed by atoms with E-state index >= 15 is 0 Å². The predicted molar refractivity (Wildman–Crippen MR) is 170 cm³/mol. The molecule has 0 aliphatic heterocycles. The summed E-state index contributed by atoms with van der Waals surface area (Å²) in [5, 5.41) is 22.0. The topological polar surface area (TPSA) is 47.6 Å². The molecule has 1 N–H and O–H groups in total. The Balaban J connectivity index is 1.75. The maximum Gasteiger partial charge on any atom is 0.0912 e. The smallest absolute Gasteiger partial charge is 0.0912 e. The Labute approximate surface area is 239 Å². The Kier molecular flexibility index (Phi) is 5.92. The van der Waals surface area contributed by atoms with E-state index in [0.29, 0.717) is 0 Å². The van der Waals surface area contributed by atoms with Crippen LogP contribution in [0, 0.1) is 16.7 Å². The van der Waals surface area contributed by atoms with Gasteiger partial charge >= 0.3 is 0 Å². The third-order valence-corrected chi connectivity index (χ3v) is 8.36. The van der Waals surface area contributed by atoms with E-state index in [9.17, 15) is 5.26 Å². The van der Waals surface area contributed by atoms with E-state index in [4.69, 9.17) is 5.41 Å². The van der Waals surface area contributed by atoms with Crippen LogP contribution in [-0.2, 0) is 5.41 Å². The monoisotopic (exact) mass is 522 g/mol. The largest absolute Gasteiger partial charge is 0.309 e. The van der Waals surface area contributed by atoms with Gasteiger partial charge in [-0.25, -0.2) is 0 Å². The molecule has 0 amide bonds. The van der Waals surface area contributed by atoms with E-state index in [0.717, 1.165) is 21.9 Å². The van der Waals surface area contributed by atoms with Crippen LogP contribution < -0.4 is 0 Å². The van der Waals surface area contributed by atoms with Crippen molar-refractivity contribution in [1.82, 2.24) is 0 Å². The quantitative estimate of drug-likeness (QED) is 0.137. The lowest BCUT2D eigenvalue weighted by molar-refractivity contribution is 0.769. The molecule has 2 heteroatoms. The lowest BCUT2D eigenvalue weighted by atomic mass is 9.67. The van der Waals surface area contributed by atoms with E-state index in [1.807, 2.05) is 6.08 Å². The summed E-state index contributed by atoms with van der Waals surface area (Å²) >= 11 is 0. The first-order valence-electron chi connectivity index (χ1n) is 13.8. The lowest BCUT2D eigenvalue weighted by Crippen LogP contribution is -2.28. The Morgan fingerprint density at radius 3 is 1.88 bits per heavy atom. The van der Waals surface area contributed by atoms with Gasteiger partial charge < -0.3 is 5.41 Å². The molecule has 0 bridgehead atoms. The summed E-state index contributed by atoms with van der Waals surface area (Å²) in [6.45, 7) is 0. The highest BCUT2D eigenvalue weighted by molar-refractivity contribution is 6.15. The molecule has 7 rings (SSSR count). The number of nitriles is 1. The van der Waals surface area contributed by atoms with Gasteiger partial charge in [0.2, 0.25) is 0 Å². The first kappa shape index (κ1) is 24.5. The predicted octanol–water partition coefficient (Wildman–Crippen LogP) is 9.47. The molecule has 1 aliphatic rings. The highest BCUT2D eigenvalue weighted by Crippen LogP contribution is 2.60. The molecule has 0 saturated carbocycles. The number of benzene rings is 6. The second-order valence-electron chi connectivity index (χ2n) is 10.3. The maximum atomic E-state index is 9.38. The van der Waals surface area contributed by atoms with Gasteiger partial charge in [-0.3, -0.25) is 0 Å². The van der Waals surface area contributed by atoms with Crippen LogP contribution in [0.2, 0.25) is 0 Å². The van der Waals surface area contributed by atoms with Crippen LogP contribution in [0.1, 0.15) is 27.8 Å². The van der Waals surface area contributed by atoms with Crippen LogP contribution in [0.3, 0.4) is 0 Å². The number of nitrogens with one attached hydrogen (secondary N) is 1. The van der Waals surface area contributed by atoms with Crippen molar-refractivity contribution in [3.8, 4) is 17.2 Å². The summed E-state index contributed by atoms with van der Waals surface area (Å²) in [5.74, 6) is 0. The van der Waals surface area contributed by atoms with Crippen LogP contribution in [0.5, 0.6) is 0 Å². The third kappa shape index (κ3) is 3.60. The minimum absolute atomic E-state index is 0.565. The average Bonchev–Trinajstić information content (AvgIpc) is 3.35. The standard InChI is InChI=1S/C39H26N2/c40-24-11-13-28(23-25-41)34-26-36-38(33-20-10-9-19-32(33)34)37-31-18-8-7-12-27(31)21-22-35(37)39(36,29-14-3-1-4-15-29)30-16-5-2-6-17-30/h1-23,25-26,41H/b13-11+,28-23+,41-25?. The fourth-order valence-electron chi connectivity index (χ4n) is 6.79. The van der Waals surface area contributed by atoms with Crippen LogP contribution in [-0.4, -0.2) is 6.21 Å². The molecule has 0 atom stereocenters. The fourth-order valence-corrected chi connectivity index (χ4v) is 6.79. The summed E-state index contributed by atoms with van der Waals surface area (Å²) < 4.78 is 0. The molecule has 6 aromatic carbocycles. The maximum absolute atomic E-state index is 9.38. The molecule has 0 radical (unpaired) electrons. The molecule has 6 aromatic rings. The minimum atomic E-state index is -0.565. The second kappa shape index (κ2) is 9.90. The molecule has 41 heavy (non-hydrogen) atoms. The molecular weight excluding hydrogens is 496 g/mol. The van der Waals surface area contributed by atoms with Gasteiger partial charge in [-0.2, -0.15) is 5.26 Å². The molecule has 192 valence electrons. The Morgan fingerprint density at radius 1 is 0.634 bits per heavy atom. The van der Waals surface area contributed by atoms with E-state index < -0.39 is 5.41 Å². The number of hydrogen-bond acceptors (Lipinski definition) is 2. The van der Waals surface area contributed by atoms with Crippen molar-refractivity contribution >= 4 is 33.3 Å². The molecule has 1 aliphatic carbocycles. The van der Waals surface area contributed by atoms with Crippen LogP contribution in [0.4, 0.5) is 0 Å². The lowest BCUT2D eigenvalue weighted by Gasteiger charge is -2.34. The third-order valence-electron chi connectivity index (χ3n) is 8.36. The fraction of sp³-hybridized carbons (Fsp3) is 0.0256. The molecule has 2 nitrogen and oxygen atoms in total. The van der Waals surface area contributed by atoms with Gasteiger partial charge in [-0.1, -0.05) is 121 Å². The van der Waals surface area contributed by atoms with Crippen molar-refractivity contribution in [2.45, 2.75) is 5.41 Å². The SMILES string of the molecule is N#C/C=C/C(=C\C=N)c1cc2c(c3ccccc13)-c1c(ccc3ccccc13)C2(c1ccccc1)c1ccccc1. The summed E-state index contributed by atoms with van der Waals surface area (Å²) in [4.78, 5) is 0. The zero-order chi connectivity index (χ0) is 27.8. The van der Waals surface area contributed by atoms with Crippen molar-refractivity contribution in [3.63, 3.8) is 0 Å². The van der Waals surface area contributed by atoms with Gasteiger partial charge in [0.05, 0.1) is 11.5 Å².